The van der Waals surface area contributed by atoms with Crippen molar-refractivity contribution in [2.24, 2.45) is 5.73 Å². The van der Waals surface area contributed by atoms with Crippen LogP contribution in [0.4, 0.5) is 13.2 Å². The Kier molecular flexibility index (Phi) is 4.75. The third-order valence-electron chi connectivity index (χ3n) is 2.49. The molecule has 0 aliphatic rings. The molecule has 0 aromatic heterocycles. The van der Waals surface area contributed by atoms with E-state index in [1.807, 2.05) is 0 Å². The predicted octanol–water partition coefficient (Wildman–Crippen LogP) is 1.93. The van der Waals surface area contributed by atoms with Gasteiger partial charge < -0.3 is 5.73 Å². The van der Waals surface area contributed by atoms with Crippen molar-refractivity contribution in [1.29, 1.82) is 0 Å². The molecular weight excluding hydrogens is 267 g/mol. The molecule has 0 heterocycles. The lowest BCUT2D eigenvalue weighted by Gasteiger charge is -2.13. The van der Waals surface area contributed by atoms with E-state index in [2.05, 4.69) is 0 Å². The van der Waals surface area contributed by atoms with Crippen LogP contribution in [0.3, 0.4) is 0 Å². The van der Waals surface area contributed by atoms with Crippen molar-refractivity contribution in [3.8, 4) is 0 Å². The van der Waals surface area contributed by atoms with Crippen LogP contribution in [0.2, 0.25) is 0 Å². The summed E-state index contributed by atoms with van der Waals surface area (Å²) in [7, 11) is -3.11. The fourth-order valence-corrected chi connectivity index (χ4v) is 2.24. The van der Waals surface area contributed by atoms with Gasteiger partial charge in [0.2, 0.25) is 0 Å². The molecular formula is C11H14F3NO2S. The molecule has 0 bridgehead atoms. The molecule has 0 spiro atoms. The van der Waals surface area contributed by atoms with Crippen molar-refractivity contribution in [3.05, 3.63) is 35.1 Å². The Balaban J connectivity index is 2.73. The summed E-state index contributed by atoms with van der Waals surface area (Å²) in [4.78, 5) is 0. The first kappa shape index (κ1) is 15.0. The van der Waals surface area contributed by atoms with Gasteiger partial charge in [-0.25, -0.2) is 21.6 Å². The van der Waals surface area contributed by atoms with Gasteiger partial charge in [-0.05, 0) is 18.9 Å². The summed E-state index contributed by atoms with van der Waals surface area (Å²) in [5.74, 6) is -4.24. The highest BCUT2D eigenvalue weighted by Crippen LogP contribution is 2.23. The molecule has 3 nitrogen and oxygen atoms in total. The Morgan fingerprint density at radius 3 is 2.39 bits per heavy atom. The van der Waals surface area contributed by atoms with E-state index in [9.17, 15) is 21.6 Å². The number of hydrogen-bond acceptors (Lipinski definition) is 3. The van der Waals surface area contributed by atoms with E-state index in [0.29, 0.717) is 0 Å². The maximum atomic E-state index is 13.4. The molecule has 0 radical (unpaired) electrons. The molecule has 2 N–H and O–H groups in total. The van der Waals surface area contributed by atoms with E-state index >= 15 is 0 Å². The van der Waals surface area contributed by atoms with Crippen LogP contribution in [0.15, 0.2) is 12.1 Å². The van der Waals surface area contributed by atoms with Gasteiger partial charge in [-0.1, -0.05) is 6.07 Å². The lowest BCUT2D eigenvalue weighted by atomic mass is 10.0. The molecule has 1 rings (SSSR count). The molecule has 0 aliphatic heterocycles. The van der Waals surface area contributed by atoms with Crippen LogP contribution in [-0.4, -0.2) is 20.4 Å². The zero-order valence-corrected chi connectivity index (χ0v) is 10.6. The Labute approximate surface area is 104 Å². The van der Waals surface area contributed by atoms with E-state index < -0.39 is 33.3 Å². The first-order chi connectivity index (χ1) is 8.22. The molecule has 18 heavy (non-hydrogen) atoms. The van der Waals surface area contributed by atoms with Crippen LogP contribution in [0.1, 0.15) is 24.4 Å². The third kappa shape index (κ3) is 3.99. The minimum Gasteiger partial charge on any atom is -0.324 e. The number of nitrogens with two attached hydrogens (primary N) is 1. The van der Waals surface area contributed by atoms with Crippen molar-refractivity contribution in [2.75, 3.05) is 12.0 Å². The highest BCUT2D eigenvalue weighted by Gasteiger charge is 2.18. The number of hydrogen-bond donors (Lipinski definition) is 1. The lowest BCUT2D eigenvalue weighted by molar-refractivity contribution is 0.433. The quantitative estimate of drug-likeness (QED) is 0.839. The SMILES string of the molecule is CS(=O)(=O)CCCC(N)c1ccc(F)c(F)c1F. The van der Waals surface area contributed by atoms with Crippen molar-refractivity contribution >= 4 is 9.84 Å². The second kappa shape index (κ2) is 5.71. The monoisotopic (exact) mass is 281 g/mol. The van der Waals surface area contributed by atoms with Gasteiger partial charge in [0.1, 0.15) is 9.84 Å². The molecule has 0 aliphatic carbocycles. The van der Waals surface area contributed by atoms with Gasteiger partial charge in [0, 0.05) is 23.6 Å². The van der Waals surface area contributed by atoms with Crippen LogP contribution in [0.25, 0.3) is 0 Å². The van der Waals surface area contributed by atoms with Gasteiger partial charge >= 0.3 is 0 Å². The topological polar surface area (TPSA) is 60.2 Å². The van der Waals surface area contributed by atoms with Gasteiger partial charge in [-0.15, -0.1) is 0 Å². The summed E-state index contributed by atoms with van der Waals surface area (Å²) in [5.41, 5.74) is 5.47. The lowest BCUT2D eigenvalue weighted by Crippen LogP contribution is -2.15. The molecule has 102 valence electrons. The Hall–Kier alpha value is -1.08. The zero-order chi connectivity index (χ0) is 13.9. The van der Waals surface area contributed by atoms with Crippen LogP contribution < -0.4 is 5.73 Å². The second-order valence-electron chi connectivity index (χ2n) is 4.14. The van der Waals surface area contributed by atoms with E-state index in [1.165, 1.54) is 0 Å². The Morgan fingerprint density at radius 2 is 1.83 bits per heavy atom. The van der Waals surface area contributed by atoms with Gasteiger partial charge in [0.05, 0.1) is 0 Å². The molecule has 1 aromatic carbocycles. The number of rotatable bonds is 5. The molecule has 0 amide bonds. The van der Waals surface area contributed by atoms with Crippen LogP contribution in [-0.2, 0) is 9.84 Å². The van der Waals surface area contributed by atoms with Crippen molar-refractivity contribution in [1.82, 2.24) is 0 Å². The fourth-order valence-electron chi connectivity index (χ4n) is 1.55. The van der Waals surface area contributed by atoms with Crippen LogP contribution >= 0.6 is 0 Å². The number of halogens is 3. The minimum atomic E-state index is -3.11. The first-order valence-corrected chi connectivity index (χ1v) is 7.35. The zero-order valence-electron chi connectivity index (χ0n) is 9.79. The van der Waals surface area contributed by atoms with Gasteiger partial charge in [0.15, 0.2) is 17.5 Å². The molecule has 7 heteroatoms. The van der Waals surface area contributed by atoms with Crippen molar-refractivity contribution in [2.45, 2.75) is 18.9 Å². The highest BCUT2D eigenvalue weighted by molar-refractivity contribution is 7.90. The Bertz CT molecular complexity index is 531. The van der Waals surface area contributed by atoms with Gasteiger partial charge in [0.25, 0.3) is 0 Å². The van der Waals surface area contributed by atoms with E-state index in [0.717, 1.165) is 18.4 Å². The fraction of sp³-hybridized carbons (Fsp3) is 0.455. The third-order valence-corrected chi connectivity index (χ3v) is 3.53. The molecule has 0 saturated carbocycles. The van der Waals surface area contributed by atoms with E-state index in [1.54, 1.807) is 0 Å². The van der Waals surface area contributed by atoms with Crippen molar-refractivity contribution in [3.63, 3.8) is 0 Å². The molecule has 1 atom stereocenters. The smallest absolute Gasteiger partial charge is 0.194 e. The summed E-state index contributed by atoms with van der Waals surface area (Å²) < 4.78 is 60.8. The summed E-state index contributed by atoms with van der Waals surface area (Å²) in [6.45, 7) is 0. The summed E-state index contributed by atoms with van der Waals surface area (Å²) >= 11 is 0. The molecule has 1 unspecified atom stereocenters. The predicted molar refractivity (Wildman–Crippen MR) is 62.2 cm³/mol. The van der Waals surface area contributed by atoms with Gasteiger partial charge in [-0.2, -0.15) is 0 Å². The van der Waals surface area contributed by atoms with E-state index in [4.69, 9.17) is 5.73 Å². The summed E-state index contributed by atoms with van der Waals surface area (Å²) in [6.07, 6.45) is 1.49. The van der Waals surface area contributed by atoms with Gasteiger partial charge in [-0.3, -0.25) is 0 Å². The van der Waals surface area contributed by atoms with Crippen LogP contribution in [0, 0.1) is 17.5 Å². The normalized spacial score (nSPS) is 13.6. The van der Waals surface area contributed by atoms with Crippen LogP contribution in [0.5, 0.6) is 0 Å². The standard InChI is InChI=1S/C11H14F3NO2S/c1-18(16,17)6-2-3-9(15)7-4-5-8(12)11(14)10(7)13/h4-5,9H,2-3,6,15H2,1H3. The largest absolute Gasteiger partial charge is 0.324 e. The van der Waals surface area contributed by atoms with E-state index in [-0.39, 0.29) is 24.2 Å². The molecule has 0 fully saturated rings. The molecule has 0 saturated heterocycles. The number of benzene rings is 1. The minimum absolute atomic E-state index is 0.0774. The average Bonchev–Trinajstić information content (AvgIpc) is 2.24. The number of sulfone groups is 1. The first-order valence-electron chi connectivity index (χ1n) is 5.29. The summed E-state index contributed by atoms with van der Waals surface area (Å²) in [5, 5.41) is 0. The maximum Gasteiger partial charge on any atom is 0.194 e. The van der Waals surface area contributed by atoms with Crippen molar-refractivity contribution < 1.29 is 21.6 Å². The summed E-state index contributed by atoms with van der Waals surface area (Å²) in [6, 6.07) is 1.00. The maximum absolute atomic E-state index is 13.4. The average molecular weight is 281 g/mol. The Morgan fingerprint density at radius 1 is 1.22 bits per heavy atom. The second-order valence-corrected chi connectivity index (χ2v) is 6.40. The highest BCUT2D eigenvalue weighted by atomic mass is 32.2. The molecule has 1 aromatic rings.